The molecule has 2 saturated heterocycles. The molecule has 1 N–H and O–H groups in total. The highest BCUT2D eigenvalue weighted by molar-refractivity contribution is 5.94. The molecule has 1 aliphatic carbocycles. The van der Waals surface area contributed by atoms with Crippen molar-refractivity contribution in [3.63, 3.8) is 0 Å². The van der Waals surface area contributed by atoms with Crippen LogP contribution in [0.2, 0.25) is 0 Å². The second kappa shape index (κ2) is 8.51. The Kier molecular flexibility index (Phi) is 5.86. The molecule has 3 aliphatic rings. The Bertz CT molecular complexity index is 633. The van der Waals surface area contributed by atoms with Crippen molar-refractivity contribution in [2.45, 2.75) is 63.5 Å². The highest BCUT2D eigenvalue weighted by Gasteiger charge is 2.27. The number of rotatable bonds is 4. The first-order chi connectivity index (χ1) is 13.2. The zero-order valence-electron chi connectivity index (χ0n) is 16.7. The number of urea groups is 1. The first-order valence-corrected chi connectivity index (χ1v) is 10.8. The third kappa shape index (κ3) is 4.40. The van der Waals surface area contributed by atoms with Crippen LogP contribution in [0.5, 0.6) is 0 Å². The van der Waals surface area contributed by atoms with Gasteiger partial charge in [0.05, 0.1) is 0 Å². The summed E-state index contributed by atoms with van der Waals surface area (Å²) in [5.41, 5.74) is 2.28. The van der Waals surface area contributed by atoms with E-state index in [0.29, 0.717) is 6.04 Å². The highest BCUT2D eigenvalue weighted by atomic mass is 16.2. The van der Waals surface area contributed by atoms with E-state index in [-0.39, 0.29) is 6.03 Å². The van der Waals surface area contributed by atoms with Crippen LogP contribution in [0.4, 0.5) is 16.2 Å². The number of nitrogens with one attached hydrogen (secondary N) is 1. The lowest BCUT2D eigenvalue weighted by atomic mass is 10.0. The topological polar surface area (TPSA) is 38.8 Å². The van der Waals surface area contributed by atoms with Crippen LogP contribution in [0.3, 0.4) is 0 Å². The predicted octanol–water partition coefficient (Wildman–Crippen LogP) is 3.84. The average molecular weight is 371 g/mol. The third-order valence-electron chi connectivity index (χ3n) is 6.54. The molecule has 1 aromatic rings. The summed E-state index contributed by atoms with van der Waals surface area (Å²) in [6.07, 6.45) is 10.8. The molecule has 1 saturated carbocycles. The number of amides is 2. The molecule has 0 spiro atoms. The molecule has 0 unspecified atom stereocenters. The first-order valence-electron chi connectivity index (χ1n) is 10.8. The summed E-state index contributed by atoms with van der Waals surface area (Å²) in [6, 6.07) is 10.0. The fourth-order valence-electron chi connectivity index (χ4n) is 4.83. The van der Waals surface area contributed by atoms with Crippen LogP contribution in [0.25, 0.3) is 0 Å². The van der Waals surface area contributed by atoms with Crippen molar-refractivity contribution in [1.82, 2.24) is 10.2 Å². The highest BCUT2D eigenvalue weighted by Crippen LogP contribution is 2.28. The number of anilines is 2. The molecule has 27 heavy (non-hydrogen) atoms. The van der Waals surface area contributed by atoms with Crippen LogP contribution in [-0.2, 0) is 0 Å². The molecule has 0 aromatic heterocycles. The minimum Gasteiger partial charge on any atom is -0.371 e. The molecule has 5 heteroatoms. The van der Waals surface area contributed by atoms with E-state index in [4.69, 9.17) is 0 Å². The molecule has 148 valence electrons. The number of hydrogen-bond donors (Lipinski definition) is 1. The van der Waals surface area contributed by atoms with Gasteiger partial charge in [-0.2, -0.15) is 0 Å². The summed E-state index contributed by atoms with van der Waals surface area (Å²) in [5.74, 6) is 0. The predicted molar refractivity (Wildman–Crippen MR) is 112 cm³/mol. The maximum absolute atomic E-state index is 12.3. The lowest BCUT2D eigenvalue weighted by Gasteiger charge is -2.36. The van der Waals surface area contributed by atoms with Crippen molar-refractivity contribution in [1.29, 1.82) is 0 Å². The van der Waals surface area contributed by atoms with E-state index in [1.54, 1.807) is 4.90 Å². The number of benzene rings is 1. The van der Waals surface area contributed by atoms with Gasteiger partial charge in [-0.3, -0.25) is 4.90 Å². The van der Waals surface area contributed by atoms with E-state index in [0.717, 1.165) is 37.9 Å². The zero-order valence-corrected chi connectivity index (χ0v) is 16.7. The number of carbonyl (C=O) groups is 1. The van der Waals surface area contributed by atoms with Crippen LogP contribution >= 0.6 is 0 Å². The average Bonchev–Trinajstić information content (AvgIpc) is 2.88. The van der Waals surface area contributed by atoms with E-state index in [1.165, 1.54) is 57.1 Å². The van der Waals surface area contributed by atoms with Gasteiger partial charge in [-0.05, 0) is 43.9 Å². The van der Waals surface area contributed by atoms with Gasteiger partial charge in [-0.1, -0.05) is 31.7 Å². The Balaban J connectivity index is 1.33. The Labute approximate surface area is 163 Å². The summed E-state index contributed by atoms with van der Waals surface area (Å²) in [7, 11) is 1.87. The minimum atomic E-state index is 0.110. The molecule has 0 bridgehead atoms. The van der Waals surface area contributed by atoms with Gasteiger partial charge in [0, 0.05) is 56.7 Å². The Morgan fingerprint density at radius 3 is 2.19 bits per heavy atom. The summed E-state index contributed by atoms with van der Waals surface area (Å²) < 4.78 is 0. The van der Waals surface area contributed by atoms with Gasteiger partial charge in [0.2, 0.25) is 0 Å². The van der Waals surface area contributed by atoms with Crippen LogP contribution in [0.1, 0.15) is 51.4 Å². The van der Waals surface area contributed by atoms with Crippen LogP contribution in [0.15, 0.2) is 24.3 Å². The number of nitrogens with zero attached hydrogens (tertiary/aromatic N) is 3. The smallest absolute Gasteiger partial charge is 0.324 e. The van der Waals surface area contributed by atoms with Crippen molar-refractivity contribution >= 4 is 17.4 Å². The molecule has 1 aromatic carbocycles. The van der Waals surface area contributed by atoms with Crippen molar-refractivity contribution in [3.05, 3.63) is 24.3 Å². The quantitative estimate of drug-likeness (QED) is 0.819. The lowest BCUT2D eigenvalue weighted by Crippen LogP contribution is -2.46. The van der Waals surface area contributed by atoms with Crippen molar-refractivity contribution < 1.29 is 4.79 Å². The Morgan fingerprint density at radius 2 is 1.52 bits per heavy atom. The van der Waals surface area contributed by atoms with Gasteiger partial charge in [-0.25, -0.2) is 4.79 Å². The van der Waals surface area contributed by atoms with Crippen LogP contribution in [-0.4, -0.2) is 56.2 Å². The third-order valence-corrected chi connectivity index (χ3v) is 6.54. The van der Waals surface area contributed by atoms with Crippen molar-refractivity contribution in [3.8, 4) is 0 Å². The SMILES string of the molecule is CN1CCN(c2cccc(N3CCC(NC4CCCCCC4)CC3)c2)C1=O. The van der Waals surface area contributed by atoms with Gasteiger partial charge in [-0.15, -0.1) is 0 Å². The largest absolute Gasteiger partial charge is 0.371 e. The summed E-state index contributed by atoms with van der Waals surface area (Å²) in [6.45, 7) is 3.79. The van der Waals surface area contributed by atoms with E-state index < -0.39 is 0 Å². The Hall–Kier alpha value is -1.75. The number of hydrogen-bond acceptors (Lipinski definition) is 3. The first kappa shape index (κ1) is 18.6. The van der Waals surface area contributed by atoms with Gasteiger partial charge < -0.3 is 15.1 Å². The normalized spacial score (nSPS) is 23.1. The molecule has 2 heterocycles. The molecular weight excluding hydrogens is 336 g/mol. The molecule has 2 amide bonds. The zero-order chi connectivity index (χ0) is 18.6. The second-order valence-electron chi connectivity index (χ2n) is 8.49. The lowest BCUT2D eigenvalue weighted by molar-refractivity contribution is 0.229. The molecule has 2 aliphatic heterocycles. The van der Waals surface area contributed by atoms with Gasteiger partial charge >= 0.3 is 6.03 Å². The van der Waals surface area contributed by atoms with E-state index in [2.05, 4.69) is 34.5 Å². The molecule has 4 rings (SSSR count). The standard InChI is InChI=1S/C22H34N4O/c1-24-15-16-26(22(24)27)21-10-6-9-20(17-21)25-13-11-19(12-14-25)23-18-7-4-2-3-5-8-18/h6,9-10,17-19,23H,2-5,7-8,11-16H2,1H3. The summed E-state index contributed by atoms with van der Waals surface area (Å²) in [5, 5.41) is 3.95. The maximum Gasteiger partial charge on any atom is 0.324 e. The fraction of sp³-hybridized carbons (Fsp3) is 0.682. The van der Waals surface area contributed by atoms with Crippen molar-refractivity contribution in [2.24, 2.45) is 0 Å². The van der Waals surface area contributed by atoms with Crippen molar-refractivity contribution in [2.75, 3.05) is 43.0 Å². The summed E-state index contributed by atoms with van der Waals surface area (Å²) >= 11 is 0. The van der Waals surface area contributed by atoms with E-state index >= 15 is 0 Å². The van der Waals surface area contributed by atoms with Gasteiger partial charge in [0.1, 0.15) is 0 Å². The number of carbonyl (C=O) groups excluding carboxylic acids is 1. The Morgan fingerprint density at radius 1 is 0.852 bits per heavy atom. The number of likely N-dealkylation sites (N-methyl/N-ethyl adjacent to an activating group) is 1. The molecule has 3 fully saturated rings. The minimum absolute atomic E-state index is 0.110. The second-order valence-corrected chi connectivity index (χ2v) is 8.49. The van der Waals surface area contributed by atoms with E-state index in [1.807, 2.05) is 11.9 Å². The summed E-state index contributed by atoms with van der Waals surface area (Å²) in [4.78, 5) is 18.4. The van der Waals surface area contributed by atoms with E-state index in [9.17, 15) is 4.79 Å². The molecule has 5 nitrogen and oxygen atoms in total. The van der Waals surface area contributed by atoms with Crippen LogP contribution in [0, 0.1) is 0 Å². The van der Waals surface area contributed by atoms with Gasteiger partial charge in [0.15, 0.2) is 0 Å². The number of piperidine rings is 1. The maximum atomic E-state index is 12.3. The van der Waals surface area contributed by atoms with Crippen LogP contribution < -0.4 is 15.1 Å². The fourth-order valence-corrected chi connectivity index (χ4v) is 4.83. The van der Waals surface area contributed by atoms with Gasteiger partial charge in [0.25, 0.3) is 0 Å². The molecule has 0 radical (unpaired) electrons. The molecular formula is C22H34N4O. The monoisotopic (exact) mass is 370 g/mol. The molecule has 0 atom stereocenters.